The zero-order valence-electron chi connectivity index (χ0n) is 16.5. The summed E-state index contributed by atoms with van der Waals surface area (Å²) in [5.41, 5.74) is 0.0143. The summed E-state index contributed by atoms with van der Waals surface area (Å²) in [6.45, 7) is 2.96. The fourth-order valence-electron chi connectivity index (χ4n) is 3.30. The lowest BCUT2D eigenvalue weighted by Crippen LogP contribution is -2.71. The molecule has 2 amide bonds. The van der Waals surface area contributed by atoms with E-state index < -0.39 is 34.7 Å². The summed E-state index contributed by atoms with van der Waals surface area (Å²) < 4.78 is 10.6. The molecule has 1 fully saturated rings. The lowest BCUT2D eigenvalue weighted by Gasteiger charge is -2.51. The standard InChI is InChI=1S/C20H22N2O7S/c1-3-28-20-13(10-29-11(2)23)16(19(26)27)22-17(25)15(18(22)30-20)21-14(24)9-12-7-5-4-6-8-12/h4-8,15,18,20H,3,9-10H2,1-2H3,(H,21,24)(H,26,27)/t15-,18-,20?/m1/s1. The number of benzene rings is 1. The van der Waals surface area contributed by atoms with Crippen molar-refractivity contribution in [1.82, 2.24) is 10.2 Å². The maximum absolute atomic E-state index is 12.7. The van der Waals surface area contributed by atoms with Gasteiger partial charge in [0.05, 0.1) is 6.42 Å². The van der Waals surface area contributed by atoms with Crippen LogP contribution in [-0.2, 0) is 35.1 Å². The third kappa shape index (κ3) is 4.49. The van der Waals surface area contributed by atoms with Crippen LogP contribution in [0.1, 0.15) is 19.4 Å². The van der Waals surface area contributed by atoms with E-state index >= 15 is 0 Å². The molecule has 3 rings (SSSR count). The molecule has 2 aliphatic rings. The maximum Gasteiger partial charge on any atom is 0.352 e. The van der Waals surface area contributed by atoms with Crippen molar-refractivity contribution in [3.63, 3.8) is 0 Å². The molecule has 9 nitrogen and oxygen atoms in total. The molecule has 2 N–H and O–H groups in total. The number of thioether (sulfide) groups is 1. The fourth-order valence-corrected chi connectivity index (χ4v) is 4.79. The lowest BCUT2D eigenvalue weighted by atomic mass is 10.0. The summed E-state index contributed by atoms with van der Waals surface area (Å²) in [4.78, 5) is 49.3. The molecule has 0 saturated carbocycles. The molecule has 160 valence electrons. The highest BCUT2D eigenvalue weighted by Gasteiger charge is 2.56. The van der Waals surface area contributed by atoms with Gasteiger partial charge in [-0.25, -0.2) is 4.79 Å². The molecule has 10 heteroatoms. The van der Waals surface area contributed by atoms with Crippen molar-refractivity contribution in [3.05, 3.63) is 47.2 Å². The van der Waals surface area contributed by atoms with Crippen molar-refractivity contribution < 1.29 is 33.8 Å². The van der Waals surface area contributed by atoms with Crippen LogP contribution in [0.2, 0.25) is 0 Å². The van der Waals surface area contributed by atoms with Gasteiger partial charge >= 0.3 is 11.9 Å². The number of β-lactam (4-membered cyclic amide) rings is 1. The van der Waals surface area contributed by atoms with Crippen LogP contribution in [0.4, 0.5) is 0 Å². The second-order valence-corrected chi connectivity index (χ2v) is 7.87. The number of nitrogens with zero attached hydrogens (tertiary/aromatic N) is 1. The SMILES string of the molecule is CCOC1S[C@@H]2[C@H](NC(=O)Cc3ccccc3)C(=O)N2C(C(=O)O)=C1COC(C)=O. The smallest absolute Gasteiger partial charge is 0.352 e. The topological polar surface area (TPSA) is 122 Å². The number of carboxylic acid groups (broad SMARTS) is 1. The highest BCUT2D eigenvalue weighted by Crippen LogP contribution is 2.44. The van der Waals surface area contributed by atoms with Gasteiger partial charge in [0.25, 0.3) is 5.91 Å². The predicted molar refractivity (Wildman–Crippen MR) is 107 cm³/mol. The number of amides is 2. The van der Waals surface area contributed by atoms with E-state index in [-0.39, 0.29) is 30.2 Å². The molecule has 0 aliphatic carbocycles. The Labute approximate surface area is 177 Å². The average molecular weight is 434 g/mol. The number of hydrogen-bond acceptors (Lipinski definition) is 7. The van der Waals surface area contributed by atoms with E-state index in [9.17, 15) is 24.3 Å². The molecule has 0 spiro atoms. The van der Waals surface area contributed by atoms with Gasteiger partial charge in [-0.2, -0.15) is 0 Å². The number of carboxylic acids is 1. The Kier molecular flexibility index (Phi) is 6.78. The Morgan fingerprint density at radius 2 is 1.93 bits per heavy atom. The molecule has 30 heavy (non-hydrogen) atoms. The summed E-state index contributed by atoms with van der Waals surface area (Å²) in [6, 6.07) is 8.23. The Hall–Kier alpha value is -2.85. The van der Waals surface area contributed by atoms with E-state index in [1.807, 2.05) is 30.3 Å². The van der Waals surface area contributed by atoms with Crippen LogP contribution in [0.15, 0.2) is 41.6 Å². The number of hydrogen-bond donors (Lipinski definition) is 2. The van der Waals surface area contributed by atoms with Crippen LogP contribution in [0.3, 0.4) is 0 Å². The van der Waals surface area contributed by atoms with Crippen molar-refractivity contribution in [3.8, 4) is 0 Å². The number of esters is 1. The van der Waals surface area contributed by atoms with Gasteiger partial charge in [0.15, 0.2) is 0 Å². The lowest BCUT2D eigenvalue weighted by molar-refractivity contribution is -0.151. The first kappa shape index (κ1) is 21.8. The van der Waals surface area contributed by atoms with Crippen molar-refractivity contribution >= 4 is 35.5 Å². The monoisotopic (exact) mass is 434 g/mol. The second-order valence-electron chi connectivity index (χ2n) is 6.69. The molecule has 1 aromatic rings. The van der Waals surface area contributed by atoms with Crippen molar-refractivity contribution in [2.75, 3.05) is 13.2 Å². The zero-order valence-corrected chi connectivity index (χ0v) is 17.3. The van der Waals surface area contributed by atoms with E-state index in [0.29, 0.717) is 6.61 Å². The molecular weight excluding hydrogens is 412 g/mol. The number of fused-ring (bicyclic) bond motifs is 1. The Balaban J connectivity index is 1.79. The Morgan fingerprint density at radius 1 is 1.23 bits per heavy atom. The van der Waals surface area contributed by atoms with Crippen LogP contribution >= 0.6 is 11.8 Å². The van der Waals surface area contributed by atoms with Crippen LogP contribution in [0.5, 0.6) is 0 Å². The summed E-state index contributed by atoms with van der Waals surface area (Å²) in [5, 5.41) is 11.8. The minimum atomic E-state index is -1.32. The molecule has 1 unspecified atom stereocenters. The molecule has 1 aromatic carbocycles. The first-order valence-corrected chi connectivity index (χ1v) is 10.3. The molecule has 1 saturated heterocycles. The van der Waals surface area contributed by atoms with Crippen LogP contribution in [-0.4, -0.2) is 63.8 Å². The summed E-state index contributed by atoms with van der Waals surface area (Å²) in [6.07, 6.45) is 0.107. The maximum atomic E-state index is 12.7. The second kappa shape index (κ2) is 9.31. The third-order valence-electron chi connectivity index (χ3n) is 4.61. The van der Waals surface area contributed by atoms with Crippen LogP contribution in [0, 0.1) is 0 Å². The van der Waals surface area contributed by atoms with Gasteiger partial charge < -0.3 is 19.9 Å². The Morgan fingerprint density at radius 3 is 2.53 bits per heavy atom. The number of ether oxygens (including phenoxy) is 2. The number of rotatable bonds is 8. The van der Waals surface area contributed by atoms with Crippen molar-refractivity contribution in [1.29, 1.82) is 0 Å². The van der Waals surface area contributed by atoms with Crippen LogP contribution < -0.4 is 5.32 Å². The van der Waals surface area contributed by atoms with Gasteiger partial charge in [0, 0.05) is 19.1 Å². The zero-order chi connectivity index (χ0) is 21.8. The molecule has 2 aliphatic heterocycles. The molecule has 3 atom stereocenters. The third-order valence-corrected chi connectivity index (χ3v) is 6.04. The number of carbonyl (C=O) groups excluding carboxylic acids is 3. The van der Waals surface area contributed by atoms with Gasteiger partial charge in [-0.3, -0.25) is 19.3 Å². The summed E-state index contributed by atoms with van der Waals surface area (Å²) in [5.74, 6) is -2.76. The molecule has 0 radical (unpaired) electrons. The molecule has 0 aromatic heterocycles. The van der Waals surface area contributed by atoms with Crippen molar-refractivity contribution in [2.24, 2.45) is 0 Å². The number of carbonyl (C=O) groups is 4. The number of nitrogens with one attached hydrogen (secondary N) is 1. The first-order chi connectivity index (χ1) is 14.3. The van der Waals surface area contributed by atoms with E-state index in [4.69, 9.17) is 9.47 Å². The summed E-state index contributed by atoms with van der Waals surface area (Å²) >= 11 is 1.20. The summed E-state index contributed by atoms with van der Waals surface area (Å²) in [7, 11) is 0. The Bertz CT molecular complexity index is 886. The fraction of sp³-hybridized carbons (Fsp3) is 0.400. The highest BCUT2D eigenvalue weighted by molar-refractivity contribution is 8.00. The van der Waals surface area contributed by atoms with Crippen molar-refractivity contribution in [2.45, 2.75) is 37.1 Å². The minimum absolute atomic E-state index is 0.107. The molecule has 0 bridgehead atoms. The number of aliphatic carboxylic acids is 1. The average Bonchev–Trinajstić information content (AvgIpc) is 2.70. The van der Waals surface area contributed by atoms with E-state index in [0.717, 1.165) is 10.5 Å². The quantitative estimate of drug-likeness (QED) is 0.457. The molecule has 2 heterocycles. The largest absolute Gasteiger partial charge is 0.477 e. The normalized spacial score (nSPS) is 22.8. The highest BCUT2D eigenvalue weighted by atomic mass is 32.2. The predicted octanol–water partition coefficient (Wildman–Crippen LogP) is 0.893. The van der Waals surface area contributed by atoms with Gasteiger partial charge in [0.1, 0.15) is 29.2 Å². The van der Waals surface area contributed by atoms with E-state index in [1.54, 1.807) is 6.92 Å². The van der Waals surface area contributed by atoms with Gasteiger partial charge in [-0.05, 0) is 12.5 Å². The van der Waals surface area contributed by atoms with Gasteiger partial charge in [-0.1, -0.05) is 42.1 Å². The van der Waals surface area contributed by atoms with E-state index in [1.165, 1.54) is 18.7 Å². The van der Waals surface area contributed by atoms with Gasteiger partial charge in [-0.15, -0.1) is 0 Å². The first-order valence-electron chi connectivity index (χ1n) is 9.36. The minimum Gasteiger partial charge on any atom is -0.477 e. The van der Waals surface area contributed by atoms with Crippen LogP contribution in [0.25, 0.3) is 0 Å². The van der Waals surface area contributed by atoms with E-state index in [2.05, 4.69) is 5.32 Å². The van der Waals surface area contributed by atoms with Gasteiger partial charge in [0.2, 0.25) is 5.91 Å². The molecular formula is C20H22N2O7S.